The molecular weight excluding hydrogens is 308 g/mol. The molecule has 1 aliphatic rings. The smallest absolute Gasteiger partial charge is 0.119 e. The molecule has 1 aliphatic heterocycles. The van der Waals surface area contributed by atoms with Crippen LogP contribution in [0.5, 0.6) is 5.75 Å². The Morgan fingerprint density at radius 1 is 1.00 bits per heavy atom. The third-order valence-electron chi connectivity index (χ3n) is 4.08. The third kappa shape index (κ3) is 5.32. The molecule has 1 unspecified atom stereocenters. The van der Waals surface area contributed by atoms with Crippen molar-refractivity contribution in [2.75, 3.05) is 39.3 Å². The van der Waals surface area contributed by atoms with Crippen molar-refractivity contribution in [1.29, 1.82) is 0 Å². The van der Waals surface area contributed by atoms with Gasteiger partial charge in [-0.3, -0.25) is 9.80 Å². The number of benzene rings is 1. The van der Waals surface area contributed by atoms with Crippen molar-refractivity contribution in [1.82, 2.24) is 9.80 Å². The van der Waals surface area contributed by atoms with E-state index in [2.05, 4.69) is 27.3 Å². The Hall–Kier alpha value is -1.40. The van der Waals surface area contributed by atoms with E-state index in [9.17, 15) is 5.11 Å². The number of ether oxygens (including phenoxy) is 1. The fourth-order valence-corrected chi connectivity index (χ4v) is 3.56. The maximum Gasteiger partial charge on any atom is 0.119 e. The van der Waals surface area contributed by atoms with Crippen LogP contribution in [0.2, 0.25) is 0 Å². The lowest BCUT2D eigenvalue weighted by atomic mass is 10.2. The summed E-state index contributed by atoms with van der Waals surface area (Å²) in [7, 11) is 0. The Labute approximate surface area is 141 Å². The van der Waals surface area contributed by atoms with Crippen LogP contribution in [-0.2, 0) is 6.54 Å². The first kappa shape index (κ1) is 16.5. The minimum absolute atomic E-state index is 0.347. The van der Waals surface area contributed by atoms with E-state index in [1.54, 1.807) is 0 Å². The summed E-state index contributed by atoms with van der Waals surface area (Å²) in [5.74, 6) is 0.812. The molecule has 2 aromatic rings. The van der Waals surface area contributed by atoms with E-state index < -0.39 is 6.10 Å². The summed E-state index contributed by atoms with van der Waals surface area (Å²) >= 11 is 1.82. The molecular formula is C18H24N2O2S. The highest BCUT2D eigenvalue weighted by Crippen LogP contribution is 2.14. The molecule has 1 fully saturated rings. The van der Waals surface area contributed by atoms with Gasteiger partial charge in [0.2, 0.25) is 0 Å². The van der Waals surface area contributed by atoms with Crippen molar-refractivity contribution in [2.24, 2.45) is 0 Å². The van der Waals surface area contributed by atoms with Crippen LogP contribution < -0.4 is 4.74 Å². The van der Waals surface area contributed by atoms with E-state index >= 15 is 0 Å². The predicted octanol–water partition coefficient (Wildman–Crippen LogP) is 2.31. The summed E-state index contributed by atoms with van der Waals surface area (Å²) in [6, 6.07) is 14.0. The van der Waals surface area contributed by atoms with E-state index in [1.165, 1.54) is 4.88 Å². The Morgan fingerprint density at radius 2 is 1.74 bits per heavy atom. The summed E-state index contributed by atoms with van der Waals surface area (Å²) in [4.78, 5) is 6.23. The average molecular weight is 332 g/mol. The van der Waals surface area contributed by atoms with Crippen LogP contribution in [0.15, 0.2) is 47.8 Å². The highest BCUT2D eigenvalue weighted by molar-refractivity contribution is 7.09. The molecule has 2 heterocycles. The first-order chi connectivity index (χ1) is 11.3. The fraction of sp³-hybridized carbons (Fsp3) is 0.444. The lowest BCUT2D eigenvalue weighted by Crippen LogP contribution is -2.48. The van der Waals surface area contributed by atoms with Gasteiger partial charge in [-0.1, -0.05) is 24.3 Å². The van der Waals surface area contributed by atoms with Gasteiger partial charge in [-0.15, -0.1) is 11.3 Å². The van der Waals surface area contributed by atoms with Gasteiger partial charge in [0.15, 0.2) is 0 Å². The summed E-state index contributed by atoms with van der Waals surface area (Å²) in [5, 5.41) is 12.3. The van der Waals surface area contributed by atoms with Gasteiger partial charge < -0.3 is 9.84 Å². The molecule has 1 N–H and O–H groups in total. The maximum atomic E-state index is 10.2. The molecule has 124 valence electrons. The molecule has 1 aromatic heterocycles. The molecule has 0 radical (unpaired) electrons. The van der Waals surface area contributed by atoms with Crippen LogP contribution in [-0.4, -0.2) is 60.3 Å². The maximum absolute atomic E-state index is 10.2. The van der Waals surface area contributed by atoms with Crippen LogP contribution in [0.4, 0.5) is 0 Å². The number of aliphatic hydroxyl groups is 1. The van der Waals surface area contributed by atoms with E-state index in [4.69, 9.17) is 4.74 Å². The van der Waals surface area contributed by atoms with Crippen molar-refractivity contribution in [3.8, 4) is 5.75 Å². The first-order valence-electron chi connectivity index (χ1n) is 8.12. The topological polar surface area (TPSA) is 35.9 Å². The molecule has 0 saturated carbocycles. The van der Waals surface area contributed by atoms with E-state index in [-0.39, 0.29) is 0 Å². The number of aliphatic hydroxyl groups excluding tert-OH is 1. The fourth-order valence-electron chi connectivity index (χ4n) is 2.81. The minimum atomic E-state index is -0.445. The van der Waals surface area contributed by atoms with Crippen molar-refractivity contribution < 1.29 is 9.84 Å². The number of piperazine rings is 1. The van der Waals surface area contributed by atoms with Crippen molar-refractivity contribution >= 4 is 11.3 Å². The minimum Gasteiger partial charge on any atom is -0.491 e. The first-order valence-corrected chi connectivity index (χ1v) is 9.00. The van der Waals surface area contributed by atoms with E-state index in [0.717, 1.165) is 38.5 Å². The molecule has 0 spiro atoms. The average Bonchev–Trinajstić information content (AvgIpc) is 3.09. The zero-order valence-electron chi connectivity index (χ0n) is 13.3. The van der Waals surface area contributed by atoms with Crippen molar-refractivity contribution in [3.05, 3.63) is 52.7 Å². The number of thiophene rings is 1. The van der Waals surface area contributed by atoms with Gasteiger partial charge in [-0.2, -0.15) is 0 Å². The van der Waals surface area contributed by atoms with Crippen molar-refractivity contribution in [2.45, 2.75) is 12.6 Å². The molecule has 1 aromatic carbocycles. The van der Waals surface area contributed by atoms with Gasteiger partial charge in [-0.05, 0) is 23.6 Å². The Morgan fingerprint density at radius 3 is 2.43 bits per heavy atom. The van der Waals surface area contributed by atoms with E-state index in [0.29, 0.717) is 13.2 Å². The van der Waals surface area contributed by atoms with Crippen LogP contribution >= 0.6 is 11.3 Å². The highest BCUT2D eigenvalue weighted by atomic mass is 32.1. The van der Waals surface area contributed by atoms with Crippen LogP contribution in [0.25, 0.3) is 0 Å². The van der Waals surface area contributed by atoms with Gasteiger partial charge in [0, 0.05) is 44.1 Å². The number of β-amino-alcohol motifs (C(OH)–C–C–N with tert-alkyl or cyclic N) is 1. The Balaban J connectivity index is 1.35. The molecule has 0 amide bonds. The molecule has 0 aliphatic carbocycles. The summed E-state index contributed by atoms with van der Waals surface area (Å²) in [6.07, 6.45) is -0.445. The molecule has 1 saturated heterocycles. The normalized spacial score (nSPS) is 18.0. The van der Waals surface area contributed by atoms with Crippen LogP contribution in [0.3, 0.4) is 0 Å². The van der Waals surface area contributed by atoms with Crippen LogP contribution in [0, 0.1) is 0 Å². The predicted molar refractivity (Wildman–Crippen MR) is 94.0 cm³/mol. The number of nitrogens with zero attached hydrogens (tertiary/aromatic N) is 2. The molecule has 23 heavy (non-hydrogen) atoms. The quantitative estimate of drug-likeness (QED) is 0.844. The number of para-hydroxylation sites is 1. The lowest BCUT2D eigenvalue weighted by Gasteiger charge is -2.35. The largest absolute Gasteiger partial charge is 0.491 e. The van der Waals surface area contributed by atoms with Gasteiger partial charge in [-0.25, -0.2) is 0 Å². The highest BCUT2D eigenvalue weighted by Gasteiger charge is 2.19. The standard InChI is InChI=1S/C18H24N2O2S/c21-16(15-22-17-5-2-1-3-6-17)13-19-8-10-20(11-9-19)14-18-7-4-12-23-18/h1-7,12,16,21H,8-11,13-15H2. The lowest BCUT2D eigenvalue weighted by molar-refractivity contribution is 0.0448. The van der Waals surface area contributed by atoms with Crippen LogP contribution in [0.1, 0.15) is 4.88 Å². The molecule has 4 nitrogen and oxygen atoms in total. The zero-order valence-corrected chi connectivity index (χ0v) is 14.1. The molecule has 1 atom stereocenters. The van der Waals surface area contributed by atoms with Gasteiger partial charge >= 0.3 is 0 Å². The molecule has 0 bridgehead atoms. The summed E-state index contributed by atoms with van der Waals surface area (Å²) in [5.41, 5.74) is 0. The van der Waals surface area contributed by atoms with Gasteiger partial charge in [0.1, 0.15) is 18.5 Å². The molecule has 5 heteroatoms. The monoisotopic (exact) mass is 332 g/mol. The SMILES string of the molecule is OC(COc1ccccc1)CN1CCN(Cc2cccs2)CC1. The number of rotatable bonds is 7. The Kier molecular flexibility index (Phi) is 6.05. The summed E-state index contributed by atoms with van der Waals surface area (Å²) in [6.45, 7) is 6.21. The van der Waals surface area contributed by atoms with Gasteiger partial charge in [0.25, 0.3) is 0 Å². The van der Waals surface area contributed by atoms with Gasteiger partial charge in [0.05, 0.1) is 0 Å². The second kappa shape index (κ2) is 8.45. The van der Waals surface area contributed by atoms with Crippen molar-refractivity contribution in [3.63, 3.8) is 0 Å². The molecule has 3 rings (SSSR count). The number of hydrogen-bond acceptors (Lipinski definition) is 5. The third-order valence-corrected chi connectivity index (χ3v) is 4.94. The zero-order chi connectivity index (χ0) is 15.9. The number of hydrogen-bond donors (Lipinski definition) is 1. The summed E-state index contributed by atoms with van der Waals surface area (Å²) < 4.78 is 5.61. The second-order valence-corrected chi connectivity index (χ2v) is 6.97. The Bertz CT molecular complexity index is 554. The van der Waals surface area contributed by atoms with E-state index in [1.807, 2.05) is 41.7 Å². The second-order valence-electron chi connectivity index (χ2n) is 5.93.